The smallest absolute Gasteiger partial charge is 0.332 e. The summed E-state index contributed by atoms with van der Waals surface area (Å²) in [4.78, 5) is 29.9. The van der Waals surface area contributed by atoms with E-state index in [0.29, 0.717) is 17.6 Å². The average molecular weight is 467 g/mol. The molecule has 33 heavy (non-hydrogen) atoms. The Morgan fingerprint density at radius 3 is 2.52 bits per heavy atom. The van der Waals surface area contributed by atoms with E-state index in [1.807, 2.05) is 49.4 Å². The first-order valence-corrected chi connectivity index (χ1v) is 10.7. The van der Waals surface area contributed by atoms with Crippen LogP contribution in [0.4, 0.5) is 5.95 Å². The Bertz CT molecular complexity index is 1450. The number of nitrogens with zero attached hydrogens (tertiary/aromatic N) is 5. The fourth-order valence-electron chi connectivity index (χ4n) is 3.46. The van der Waals surface area contributed by atoms with Crippen LogP contribution in [0.1, 0.15) is 18.1 Å². The largest absolute Gasteiger partial charge is 0.494 e. The number of ether oxygens (including phenoxy) is 1. The molecular formula is C23H23ClN6O3. The van der Waals surface area contributed by atoms with Crippen molar-refractivity contribution in [2.24, 2.45) is 19.2 Å². The molecule has 2 heterocycles. The first kappa shape index (κ1) is 22.3. The van der Waals surface area contributed by atoms with Crippen LogP contribution in [-0.4, -0.2) is 31.5 Å². The number of nitrogens with one attached hydrogen (secondary N) is 1. The molecule has 0 radical (unpaired) electrons. The number of fused-ring (bicyclic) bond motifs is 1. The number of hydrogen-bond donors (Lipinski definition) is 1. The SMILES string of the molecule is CCOc1ccc(/C=N/Nc2nc3c(c(=O)n(C)c(=O)n3C)n2Cc2ccccc2Cl)cc1. The molecule has 0 saturated carbocycles. The Kier molecular flexibility index (Phi) is 6.32. The summed E-state index contributed by atoms with van der Waals surface area (Å²) in [5.41, 5.74) is 4.18. The summed E-state index contributed by atoms with van der Waals surface area (Å²) in [5, 5.41) is 4.84. The maximum absolute atomic E-state index is 13.0. The van der Waals surface area contributed by atoms with Crippen LogP contribution < -0.4 is 21.4 Å². The molecular weight excluding hydrogens is 444 g/mol. The van der Waals surface area contributed by atoms with Gasteiger partial charge in [-0.3, -0.25) is 18.5 Å². The Morgan fingerprint density at radius 1 is 1.09 bits per heavy atom. The highest BCUT2D eigenvalue weighted by Gasteiger charge is 2.19. The van der Waals surface area contributed by atoms with Gasteiger partial charge in [-0.25, -0.2) is 10.2 Å². The molecule has 1 N–H and O–H groups in total. The minimum Gasteiger partial charge on any atom is -0.494 e. The van der Waals surface area contributed by atoms with Crippen molar-refractivity contribution in [2.75, 3.05) is 12.0 Å². The first-order valence-electron chi connectivity index (χ1n) is 10.3. The second-order valence-electron chi connectivity index (χ2n) is 7.36. The summed E-state index contributed by atoms with van der Waals surface area (Å²) in [6.07, 6.45) is 1.63. The van der Waals surface area contributed by atoms with Gasteiger partial charge in [-0.15, -0.1) is 0 Å². The Morgan fingerprint density at radius 2 is 1.82 bits per heavy atom. The van der Waals surface area contributed by atoms with Crippen molar-refractivity contribution in [1.29, 1.82) is 0 Å². The second-order valence-corrected chi connectivity index (χ2v) is 7.77. The second kappa shape index (κ2) is 9.33. The van der Waals surface area contributed by atoms with Crippen LogP contribution in [-0.2, 0) is 20.6 Å². The molecule has 0 aliphatic carbocycles. The summed E-state index contributed by atoms with van der Waals surface area (Å²) in [6.45, 7) is 2.79. The number of imidazole rings is 1. The molecule has 0 unspecified atom stereocenters. The summed E-state index contributed by atoms with van der Waals surface area (Å²) in [7, 11) is 3.01. The molecule has 0 spiro atoms. The molecule has 0 saturated heterocycles. The number of aryl methyl sites for hydroxylation is 1. The fraction of sp³-hybridized carbons (Fsp3) is 0.217. The maximum Gasteiger partial charge on any atom is 0.332 e. The molecule has 0 aliphatic rings. The van der Waals surface area contributed by atoms with Crippen molar-refractivity contribution in [3.63, 3.8) is 0 Å². The highest BCUT2D eigenvalue weighted by Crippen LogP contribution is 2.22. The van der Waals surface area contributed by atoms with Crippen molar-refractivity contribution in [3.05, 3.63) is 85.5 Å². The minimum absolute atomic E-state index is 0.258. The molecule has 0 aliphatic heterocycles. The number of anilines is 1. The normalized spacial score (nSPS) is 11.4. The molecule has 0 fully saturated rings. The summed E-state index contributed by atoms with van der Waals surface area (Å²) < 4.78 is 9.51. The molecule has 0 bridgehead atoms. The van der Waals surface area contributed by atoms with Crippen molar-refractivity contribution < 1.29 is 4.74 Å². The van der Waals surface area contributed by atoms with Crippen LogP contribution in [0.3, 0.4) is 0 Å². The van der Waals surface area contributed by atoms with E-state index in [2.05, 4.69) is 15.5 Å². The Labute approximate surface area is 194 Å². The van der Waals surface area contributed by atoms with Gasteiger partial charge in [-0.05, 0) is 48.4 Å². The minimum atomic E-state index is -0.459. The zero-order valence-electron chi connectivity index (χ0n) is 18.4. The van der Waals surface area contributed by atoms with Crippen molar-refractivity contribution in [2.45, 2.75) is 13.5 Å². The number of hydrazone groups is 1. The van der Waals surface area contributed by atoms with Crippen LogP contribution in [0.25, 0.3) is 11.2 Å². The predicted octanol–water partition coefficient (Wildman–Crippen LogP) is 2.98. The molecule has 170 valence electrons. The van der Waals surface area contributed by atoms with Crippen LogP contribution in [0, 0.1) is 0 Å². The lowest BCUT2D eigenvalue weighted by Crippen LogP contribution is -2.37. The lowest BCUT2D eigenvalue weighted by Gasteiger charge is -2.10. The van der Waals surface area contributed by atoms with Gasteiger partial charge in [0, 0.05) is 19.1 Å². The van der Waals surface area contributed by atoms with Gasteiger partial charge in [-0.2, -0.15) is 10.1 Å². The van der Waals surface area contributed by atoms with Crippen LogP contribution >= 0.6 is 11.6 Å². The standard InChI is InChI=1S/C23H23ClN6O3/c1-4-33-17-11-9-15(10-12-17)13-25-27-22-26-20-19(21(31)29(3)23(32)28(20)2)30(22)14-16-7-5-6-8-18(16)24/h5-13H,4,14H2,1-3H3,(H,26,27)/b25-13+. The van der Waals surface area contributed by atoms with Crippen LogP contribution in [0.5, 0.6) is 5.75 Å². The van der Waals surface area contributed by atoms with Gasteiger partial charge < -0.3 is 4.74 Å². The number of hydrogen-bond acceptors (Lipinski definition) is 6. The Hall–Kier alpha value is -3.85. The van der Waals surface area contributed by atoms with E-state index >= 15 is 0 Å². The van der Waals surface area contributed by atoms with Gasteiger partial charge >= 0.3 is 5.69 Å². The van der Waals surface area contributed by atoms with E-state index in [1.165, 1.54) is 11.6 Å². The van der Waals surface area contributed by atoms with Crippen molar-refractivity contribution in [1.82, 2.24) is 18.7 Å². The van der Waals surface area contributed by atoms with Gasteiger partial charge in [0.05, 0.1) is 19.4 Å². The molecule has 4 aromatic rings. The number of aromatic nitrogens is 4. The highest BCUT2D eigenvalue weighted by atomic mass is 35.5. The van der Waals surface area contributed by atoms with Crippen molar-refractivity contribution >= 4 is 34.9 Å². The molecule has 2 aromatic heterocycles. The number of benzene rings is 2. The third kappa shape index (κ3) is 4.40. The molecule has 4 rings (SSSR count). The summed E-state index contributed by atoms with van der Waals surface area (Å²) >= 11 is 6.36. The van der Waals surface area contributed by atoms with Gasteiger partial charge in [0.25, 0.3) is 5.56 Å². The van der Waals surface area contributed by atoms with E-state index in [9.17, 15) is 9.59 Å². The van der Waals surface area contributed by atoms with Gasteiger partial charge in [-0.1, -0.05) is 29.8 Å². The zero-order chi connectivity index (χ0) is 23.5. The predicted molar refractivity (Wildman–Crippen MR) is 130 cm³/mol. The maximum atomic E-state index is 13.0. The first-order chi connectivity index (χ1) is 15.9. The monoisotopic (exact) mass is 466 g/mol. The molecule has 2 aromatic carbocycles. The third-order valence-electron chi connectivity index (χ3n) is 5.20. The highest BCUT2D eigenvalue weighted by molar-refractivity contribution is 6.31. The molecule has 0 atom stereocenters. The third-order valence-corrected chi connectivity index (χ3v) is 5.57. The zero-order valence-corrected chi connectivity index (χ0v) is 19.2. The lowest BCUT2D eigenvalue weighted by molar-refractivity contribution is 0.340. The molecule has 10 heteroatoms. The van der Waals surface area contributed by atoms with E-state index in [-0.39, 0.29) is 17.7 Å². The van der Waals surface area contributed by atoms with Crippen molar-refractivity contribution in [3.8, 4) is 5.75 Å². The summed E-state index contributed by atoms with van der Waals surface area (Å²) in [6, 6.07) is 14.8. The van der Waals surface area contributed by atoms with Gasteiger partial charge in [0.15, 0.2) is 11.2 Å². The van der Waals surface area contributed by atoms with E-state index in [1.54, 1.807) is 23.9 Å². The summed E-state index contributed by atoms with van der Waals surface area (Å²) in [5.74, 6) is 1.09. The fourth-order valence-corrected chi connectivity index (χ4v) is 3.66. The Balaban J connectivity index is 1.76. The van der Waals surface area contributed by atoms with Crippen LogP contribution in [0.2, 0.25) is 5.02 Å². The van der Waals surface area contributed by atoms with Gasteiger partial charge in [0.2, 0.25) is 5.95 Å². The number of halogens is 1. The van der Waals surface area contributed by atoms with E-state index in [4.69, 9.17) is 16.3 Å². The topological polar surface area (TPSA) is 95.4 Å². The molecule has 0 amide bonds. The lowest BCUT2D eigenvalue weighted by atomic mass is 10.2. The average Bonchev–Trinajstić information content (AvgIpc) is 3.17. The quantitative estimate of drug-likeness (QED) is 0.333. The van der Waals surface area contributed by atoms with Crippen LogP contribution in [0.15, 0.2) is 63.2 Å². The number of rotatable bonds is 7. The van der Waals surface area contributed by atoms with Gasteiger partial charge in [0.1, 0.15) is 5.75 Å². The van der Waals surface area contributed by atoms with E-state index in [0.717, 1.165) is 21.4 Å². The molecule has 9 nitrogen and oxygen atoms in total. The van der Waals surface area contributed by atoms with E-state index < -0.39 is 11.2 Å².